The van der Waals surface area contributed by atoms with E-state index in [2.05, 4.69) is 20.3 Å². The van der Waals surface area contributed by atoms with Crippen molar-refractivity contribution < 1.29 is 23.1 Å². The Morgan fingerprint density at radius 3 is 2.89 bits per heavy atom. The number of hydrogen-bond donors (Lipinski definition) is 1. The molecule has 11 heteroatoms. The summed E-state index contributed by atoms with van der Waals surface area (Å²) in [4.78, 5) is 11.1. The summed E-state index contributed by atoms with van der Waals surface area (Å²) in [5, 5.41) is 20.1. The summed E-state index contributed by atoms with van der Waals surface area (Å²) in [6.07, 6.45) is -0.960. The van der Waals surface area contributed by atoms with E-state index in [1.165, 1.54) is 11.8 Å². The fraction of sp³-hybridized carbons (Fsp3) is 0.750. The highest BCUT2D eigenvalue weighted by Gasteiger charge is 2.38. The van der Waals surface area contributed by atoms with Crippen molar-refractivity contribution in [1.82, 2.24) is 20.2 Å². The highest BCUT2D eigenvalue weighted by molar-refractivity contribution is 8.01. The second kappa shape index (κ2) is 5.43. The van der Waals surface area contributed by atoms with E-state index >= 15 is 0 Å². The molecule has 1 aromatic rings. The Kier molecular flexibility index (Phi) is 4.06. The highest BCUT2D eigenvalue weighted by Crippen LogP contribution is 2.29. The zero-order chi connectivity index (χ0) is 14.0. The number of aromatic nitrogens is 4. The normalized spacial score (nSPS) is 25.4. The summed E-state index contributed by atoms with van der Waals surface area (Å²) >= 11 is 1.04. The van der Waals surface area contributed by atoms with E-state index in [-0.39, 0.29) is 23.2 Å². The molecule has 1 saturated heterocycles. The van der Waals surface area contributed by atoms with Crippen molar-refractivity contribution in [2.75, 3.05) is 18.6 Å². The van der Waals surface area contributed by atoms with Gasteiger partial charge in [0.05, 0.1) is 30.0 Å². The van der Waals surface area contributed by atoms with Crippen molar-refractivity contribution in [3.05, 3.63) is 0 Å². The molecule has 1 aliphatic heterocycles. The van der Waals surface area contributed by atoms with Crippen LogP contribution in [0, 0.1) is 0 Å². The van der Waals surface area contributed by atoms with Crippen LogP contribution in [0.3, 0.4) is 0 Å². The predicted molar refractivity (Wildman–Crippen MR) is 64.1 cm³/mol. The molecule has 2 atom stereocenters. The molecule has 0 aliphatic carbocycles. The standard InChI is InChI=1S/C8H12N4O5S2/c1-17-7(14)2-12-8(9-10-11-12)18-6-4-19(15,16)3-5(6)13/h5-6,13H,2-4H2,1H3. The van der Waals surface area contributed by atoms with E-state index in [0.29, 0.717) is 0 Å². The van der Waals surface area contributed by atoms with E-state index in [9.17, 15) is 18.3 Å². The molecule has 0 radical (unpaired) electrons. The van der Waals surface area contributed by atoms with Gasteiger partial charge in [-0.3, -0.25) is 4.79 Å². The molecule has 1 aromatic heterocycles. The number of hydrogen-bond acceptors (Lipinski definition) is 9. The van der Waals surface area contributed by atoms with Crippen molar-refractivity contribution in [2.45, 2.75) is 23.1 Å². The van der Waals surface area contributed by atoms with Crippen molar-refractivity contribution in [3.8, 4) is 0 Å². The second-order valence-electron chi connectivity index (χ2n) is 4.00. The summed E-state index contributed by atoms with van der Waals surface area (Å²) in [5.74, 6) is -0.915. The maximum atomic E-state index is 11.4. The fourth-order valence-electron chi connectivity index (χ4n) is 1.61. The lowest BCUT2D eigenvalue weighted by atomic mass is 10.3. The lowest BCUT2D eigenvalue weighted by Crippen LogP contribution is -2.21. The SMILES string of the molecule is COC(=O)Cn1nnnc1SC1CS(=O)(=O)CC1O. The van der Waals surface area contributed by atoms with Crippen LogP contribution in [-0.4, -0.2) is 69.7 Å². The lowest BCUT2D eigenvalue weighted by molar-refractivity contribution is -0.141. The lowest BCUT2D eigenvalue weighted by Gasteiger charge is -2.10. The number of nitrogens with zero attached hydrogens (tertiary/aromatic N) is 4. The van der Waals surface area contributed by atoms with Gasteiger partial charge < -0.3 is 9.84 Å². The third-order valence-corrected chi connectivity index (χ3v) is 5.75. The molecule has 9 nitrogen and oxygen atoms in total. The Morgan fingerprint density at radius 2 is 2.32 bits per heavy atom. The van der Waals surface area contributed by atoms with Crippen molar-refractivity contribution in [3.63, 3.8) is 0 Å². The smallest absolute Gasteiger partial charge is 0.327 e. The van der Waals surface area contributed by atoms with E-state index in [0.717, 1.165) is 11.8 Å². The maximum absolute atomic E-state index is 11.4. The van der Waals surface area contributed by atoms with Gasteiger partial charge in [0.1, 0.15) is 6.54 Å². The minimum absolute atomic E-state index is 0.135. The number of thioether (sulfide) groups is 1. The van der Waals surface area contributed by atoms with E-state index in [1.54, 1.807) is 0 Å². The van der Waals surface area contributed by atoms with Gasteiger partial charge in [-0.05, 0) is 10.4 Å². The average molecular weight is 308 g/mol. The Labute approximate surface area is 113 Å². The van der Waals surface area contributed by atoms with Gasteiger partial charge in [0.15, 0.2) is 9.84 Å². The quantitative estimate of drug-likeness (QED) is 0.635. The molecule has 2 heterocycles. The van der Waals surface area contributed by atoms with Crippen LogP contribution in [0.5, 0.6) is 0 Å². The molecule has 0 aromatic carbocycles. The molecule has 0 amide bonds. The third kappa shape index (κ3) is 3.42. The zero-order valence-corrected chi connectivity index (χ0v) is 11.6. The number of aliphatic hydroxyl groups is 1. The van der Waals surface area contributed by atoms with Gasteiger partial charge in [-0.2, -0.15) is 0 Å². The summed E-state index contributed by atoms with van der Waals surface area (Å²) in [7, 11) is -1.99. The van der Waals surface area contributed by atoms with Crippen molar-refractivity contribution in [2.24, 2.45) is 0 Å². The fourth-order valence-corrected chi connectivity index (χ4v) is 5.07. The number of sulfone groups is 1. The monoisotopic (exact) mass is 308 g/mol. The molecular formula is C8H12N4O5S2. The van der Waals surface area contributed by atoms with Gasteiger partial charge in [0, 0.05) is 0 Å². The molecule has 2 unspecified atom stereocenters. The van der Waals surface area contributed by atoms with E-state index in [4.69, 9.17) is 0 Å². The molecule has 2 rings (SSSR count). The number of carbonyl (C=O) groups excluding carboxylic acids is 1. The molecule has 0 spiro atoms. The van der Waals surface area contributed by atoms with Crippen LogP contribution in [-0.2, 0) is 25.9 Å². The average Bonchev–Trinajstić information content (AvgIpc) is 2.84. The number of tetrazole rings is 1. The Bertz CT molecular complexity index is 571. The second-order valence-corrected chi connectivity index (χ2v) is 7.36. The Morgan fingerprint density at radius 1 is 1.58 bits per heavy atom. The maximum Gasteiger partial charge on any atom is 0.327 e. The molecule has 106 valence electrons. The molecular weight excluding hydrogens is 296 g/mol. The minimum atomic E-state index is -3.23. The summed E-state index contributed by atoms with van der Waals surface area (Å²) in [6, 6.07) is 0. The Hall–Kier alpha value is -1.20. The highest BCUT2D eigenvalue weighted by atomic mass is 32.2. The van der Waals surface area contributed by atoms with E-state index < -0.39 is 27.2 Å². The molecule has 1 N–H and O–H groups in total. The third-order valence-electron chi connectivity index (χ3n) is 2.53. The number of methoxy groups -OCH3 is 1. The summed E-state index contributed by atoms with van der Waals surface area (Å²) < 4.78 is 28.5. The van der Waals surface area contributed by atoms with Crippen molar-refractivity contribution >= 4 is 27.6 Å². The van der Waals surface area contributed by atoms with Gasteiger partial charge in [-0.1, -0.05) is 11.8 Å². The predicted octanol–water partition coefficient (Wildman–Crippen LogP) is -1.90. The number of aliphatic hydroxyl groups excluding tert-OH is 1. The van der Waals surface area contributed by atoms with Crippen LogP contribution in [0.4, 0.5) is 0 Å². The van der Waals surface area contributed by atoms with Crippen LogP contribution < -0.4 is 0 Å². The first-order valence-electron chi connectivity index (χ1n) is 5.29. The number of esters is 1. The van der Waals surface area contributed by atoms with E-state index in [1.807, 2.05) is 0 Å². The number of ether oxygens (including phenoxy) is 1. The minimum Gasteiger partial charge on any atom is -0.468 e. The Balaban J connectivity index is 2.08. The first-order chi connectivity index (χ1) is 8.91. The summed E-state index contributed by atoms with van der Waals surface area (Å²) in [6.45, 7) is -0.165. The van der Waals surface area contributed by atoms with Crippen LogP contribution in [0.1, 0.15) is 0 Å². The van der Waals surface area contributed by atoms with Crippen molar-refractivity contribution in [1.29, 1.82) is 0 Å². The summed E-state index contributed by atoms with van der Waals surface area (Å²) in [5.41, 5.74) is 0. The molecule has 0 bridgehead atoms. The number of carbonyl (C=O) groups is 1. The molecule has 19 heavy (non-hydrogen) atoms. The van der Waals surface area contributed by atoms with Crippen LogP contribution in [0.15, 0.2) is 5.16 Å². The van der Waals surface area contributed by atoms with Gasteiger partial charge in [0.2, 0.25) is 5.16 Å². The van der Waals surface area contributed by atoms with Gasteiger partial charge in [-0.25, -0.2) is 13.1 Å². The van der Waals surface area contributed by atoms with Crippen LogP contribution in [0.2, 0.25) is 0 Å². The molecule has 1 fully saturated rings. The topological polar surface area (TPSA) is 124 Å². The van der Waals surface area contributed by atoms with Gasteiger partial charge in [0.25, 0.3) is 0 Å². The molecule has 0 saturated carbocycles. The molecule has 1 aliphatic rings. The van der Waals surface area contributed by atoms with Gasteiger partial charge >= 0.3 is 5.97 Å². The first-order valence-corrected chi connectivity index (χ1v) is 7.99. The first kappa shape index (κ1) is 14.2. The number of rotatable bonds is 4. The largest absolute Gasteiger partial charge is 0.468 e. The van der Waals surface area contributed by atoms with Gasteiger partial charge in [-0.15, -0.1) is 5.10 Å². The van der Waals surface area contributed by atoms with Crippen LogP contribution in [0.25, 0.3) is 0 Å². The zero-order valence-electron chi connectivity index (χ0n) is 9.96. The van der Waals surface area contributed by atoms with Crippen LogP contribution >= 0.6 is 11.8 Å².